The van der Waals surface area contributed by atoms with Crippen LogP contribution in [-0.4, -0.2) is 73.5 Å². The van der Waals surface area contributed by atoms with Crippen molar-refractivity contribution in [3.05, 3.63) is 120 Å². The van der Waals surface area contributed by atoms with Gasteiger partial charge in [0.25, 0.3) is 11.8 Å². The molecule has 0 unspecified atom stereocenters. The van der Waals surface area contributed by atoms with Crippen LogP contribution in [0.3, 0.4) is 0 Å². The maximum absolute atomic E-state index is 13.3. The van der Waals surface area contributed by atoms with Crippen LogP contribution in [0.4, 0.5) is 11.4 Å². The van der Waals surface area contributed by atoms with Gasteiger partial charge in [-0.1, -0.05) is 60.7 Å². The number of carboxylic acids is 1. The summed E-state index contributed by atoms with van der Waals surface area (Å²) in [4.78, 5) is 43.7. The third-order valence-electron chi connectivity index (χ3n) is 7.33. The van der Waals surface area contributed by atoms with Gasteiger partial charge in [-0.25, -0.2) is 0 Å². The fourth-order valence-corrected chi connectivity index (χ4v) is 4.99. The van der Waals surface area contributed by atoms with Crippen LogP contribution in [0.15, 0.2) is 103 Å². The number of carboxylic acid groups (broad SMARTS) is 1. The van der Waals surface area contributed by atoms with Crippen LogP contribution in [0.1, 0.15) is 39.1 Å². The summed E-state index contributed by atoms with van der Waals surface area (Å²) in [5, 5.41) is 12.4. The van der Waals surface area contributed by atoms with Crippen molar-refractivity contribution < 1.29 is 19.5 Å². The summed E-state index contributed by atoms with van der Waals surface area (Å²) in [6.07, 6.45) is 0.825. The third kappa shape index (κ3) is 9.02. The van der Waals surface area contributed by atoms with E-state index in [1.807, 2.05) is 73.8 Å². The fourth-order valence-electron chi connectivity index (χ4n) is 4.99. The molecule has 0 aliphatic rings. The van der Waals surface area contributed by atoms with Crippen LogP contribution < -0.4 is 10.2 Å². The van der Waals surface area contributed by atoms with Gasteiger partial charge in [-0.15, -0.1) is 0 Å². The van der Waals surface area contributed by atoms with Gasteiger partial charge >= 0.3 is 5.97 Å². The number of carbonyl (C=O) groups is 3. The molecule has 0 radical (unpaired) electrons. The largest absolute Gasteiger partial charge is 0.481 e. The Morgan fingerprint density at radius 2 is 1.36 bits per heavy atom. The number of benzene rings is 4. The molecule has 0 spiro atoms. The van der Waals surface area contributed by atoms with E-state index in [1.165, 1.54) is 0 Å². The highest BCUT2D eigenvalue weighted by Crippen LogP contribution is 2.32. The molecule has 2 amide bonds. The predicted octanol–water partition coefficient (Wildman–Crippen LogP) is 6.11. The molecular formula is C36H40N4O4. The number of aliphatic carboxylic acids is 1. The van der Waals surface area contributed by atoms with Gasteiger partial charge in [-0.3, -0.25) is 14.4 Å². The standard InChI is InChI=1S/C36H40N4O4/c1-38(2)21-11-22-39(3)33-19-18-31(25-32(33)37-35(43)28-13-6-4-7-14-28)30-17-10-12-27(24-30)26-40(23-20-34(41)42)36(44)29-15-8-5-9-16-29/h4-10,12-19,24-25H,11,20-23,26H2,1-3H3,(H,37,43)(H,41,42). The average Bonchev–Trinajstić information content (AvgIpc) is 3.03. The summed E-state index contributed by atoms with van der Waals surface area (Å²) in [6, 6.07) is 31.9. The Morgan fingerprint density at radius 3 is 2.02 bits per heavy atom. The molecule has 2 N–H and O–H groups in total. The maximum Gasteiger partial charge on any atom is 0.305 e. The third-order valence-corrected chi connectivity index (χ3v) is 7.33. The van der Waals surface area contributed by atoms with Crippen LogP contribution in [0.2, 0.25) is 0 Å². The first-order valence-corrected chi connectivity index (χ1v) is 14.7. The second-order valence-electron chi connectivity index (χ2n) is 11.1. The molecule has 4 aromatic rings. The Balaban J connectivity index is 1.62. The number of rotatable bonds is 14. The summed E-state index contributed by atoms with van der Waals surface area (Å²) >= 11 is 0. The maximum atomic E-state index is 13.3. The normalized spacial score (nSPS) is 10.8. The molecule has 0 saturated carbocycles. The topological polar surface area (TPSA) is 93.2 Å². The van der Waals surface area contributed by atoms with E-state index in [2.05, 4.69) is 29.2 Å². The van der Waals surface area contributed by atoms with Crippen molar-refractivity contribution in [3.8, 4) is 11.1 Å². The molecule has 0 saturated heterocycles. The zero-order valence-electron chi connectivity index (χ0n) is 25.6. The van der Waals surface area contributed by atoms with Gasteiger partial charge in [0.1, 0.15) is 0 Å². The van der Waals surface area contributed by atoms with Crippen molar-refractivity contribution in [1.82, 2.24) is 9.80 Å². The second-order valence-corrected chi connectivity index (χ2v) is 11.1. The summed E-state index contributed by atoms with van der Waals surface area (Å²) in [6.45, 7) is 2.14. The molecule has 4 aromatic carbocycles. The number of hydrogen-bond donors (Lipinski definition) is 2. The molecule has 4 rings (SSSR count). The molecular weight excluding hydrogens is 552 g/mol. The summed E-state index contributed by atoms with van der Waals surface area (Å²) in [5.41, 5.74) is 5.41. The summed E-state index contributed by atoms with van der Waals surface area (Å²) in [5.74, 6) is -1.36. The van der Waals surface area contributed by atoms with E-state index in [1.54, 1.807) is 41.3 Å². The van der Waals surface area contributed by atoms with E-state index in [4.69, 9.17) is 0 Å². The van der Waals surface area contributed by atoms with E-state index in [-0.39, 0.29) is 31.3 Å². The van der Waals surface area contributed by atoms with E-state index >= 15 is 0 Å². The van der Waals surface area contributed by atoms with Crippen molar-refractivity contribution in [2.45, 2.75) is 19.4 Å². The average molecular weight is 593 g/mol. The second kappa shape index (κ2) is 15.5. The Morgan fingerprint density at radius 1 is 0.705 bits per heavy atom. The lowest BCUT2D eigenvalue weighted by molar-refractivity contribution is -0.137. The van der Waals surface area contributed by atoms with Crippen LogP contribution in [0.5, 0.6) is 0 Å². The highest BCUT2D eigenvalue weighted by atomic mass is 16.4. The molecule has 8 heteroatoms. The predicted molar refractivity (Wildman–Crippen MR) is 176 cm³/mol. The van der Waals surface area contributed by atoms with Gasteiger partial charge in [0.05, 0.1) is 17.8 Å². The smallest absolute Gasteiger partial charge is 0.305 e. The van der Waals surface area contributed by atoms with Crippen LogP contribution >= 0.6 is 0 Å². The molecule has 0 heterocycles. The van der Waals surface area contributed by atoms with Gasteiger partial charge in [-0.2, -0.15) is 0 Å². The number of nitrogens with one attached hydrogen (secondary N) is 1. The van der Waals surface area contributed by atoms with E-state index in [0.717, 1.165) is 41.9 Å². The molecule has 0 aromatic heterocycles. The van der Waals surface area contributed by atoms with Gasteiger partial charge in [0.2, 0.25) is 0 Å². The Bertz CT molecular complexity index is 1560. The van der Waals surface area contributed by atoms with E-state index in [9.17, 15) is 19.5 Å². The molecule has 0 fully saturated rings. The number of carbonyl (C=O) groups excluding carboxylic acids is 2. The van der Waals surface area contributed by atoms with Crippen molar-refractivity contribution in [2.24, 2.45) is 0 Å². The number of nitrogens with zero attached hydrogens (tertiary/aromatic N) is 3. The summed E-state index contributed by atoms with van der Waals surface area (Å²) in [7, 11) is 6.13. The molecule has 8 nitrogen and oxygen atoms in total. The SMILES string of the molecule is CN(C)CCCN(C)c1ccc(-c2cccc(CN(CCC(=O)O)C(=O)c3ccccc3)c2)cc1NC(=O)c1ccccc1. The Hall–Kier alpha value is -4.95. The zero-order chi connectivity index (χ0) is 31.5. The Kier molecular flexibility index (Phi) is 11.3. The first-order valence-electron chi connectivity index (χ1n) is 14.7. The first-order chi connectivity index (χ1) is 21.2. The van der Waals surface area contributed by atoms with Gasteiger partial charge in [0.15, 0.2) is 0 Å². The van der Waals surface area contributed by atoms with Crippen LogP contribution in [0, 0.1) is 0 Å². The lowest BCUT2D eigenvalue weighted by atomic mass is 10.0. The minimum Gasteiger partial charge on any atom is -0.481 e. The van der Waals surface area contributed by atoms with Crippen LogP contribution in [-0.2, 0) is 11.3 Å². The minimum absolute atomic E-state index is 0.0950. The number of hydrogen-bond acceptors (Lipinski definition) is 5. The molecule has 228 valence electrons. The lowest BCUT2D eigenvalue weighted by Crippen LogP contribution is -2.32. The molecule has 0 aliphatic heterocycles. The van der Waals surface area contributed by atoms with Crippen LogP contribution in [0.25, 0.3) is 11.1 Å². The van der Waals surface area contributed by atoms with Crippen molar-refractivity contribution in [3.63, 3.8) is 0 Å². The lowest BCUT2D eigenvalue weighted by Gasteiger charge is -2.24. The summed E-state index contributed by atoms with van der Waals surface area (Å²) < 4.78 is 0. The highest BCUT2D eigenvalue weighted by molar-refractivity contribution is 6.06. The molecule has 0 bridgehead atoms. The van der Waals surface area contributed by atoms with Gasteiger partial charge < -0.3 is 25.1 Å². The quantitative estimate of drug-likeness (QED) is 0.184. The van der Waals surface area contributed by atoms with Crippen molar-refractivity contribution in [1.29, 1.82) is 0 Å². The first kappa shape index (κ1) is 32.0. The molecule has 44 heavy (non-hydrogen) atoms. The van der Waals surface area contributed by atoms with Gasteiger partial charge in [0, 0.05) is 37.8 Å². The van der Waals surface area contributed by atoms with Crippen molar-refractivity contribution >= 4 is 29.2 Å². The monoisotopic (exact) mass is 592 g/mol. The number of anilines is 2. The fraction of sp³-hybridized carbons (Fsp3) is 0.250. The minimum atomic E-state index is -0.957. The van der Waals surface area contributed by atoms with E-state index < -0.39 is 5.97 Å². The zero-order valence-corrected chi connectivity index (χ0v) is 25.6. The molecule has 0 atom stereocenters. The molecule has 0 aliphatic carbocycles. The van der Waals surface area contributed by atoms with Crippen molar-refractivity contribution in [2.75, 3.05) is 51.0 Å². The highest BCUT2D eigenvalue weighted by Gasteiger charge is 2.18. The Labute approximate surface area is 259 Å². The van der Waals surface area contributed by atoms with Gasteiger partial charge in [-0.05, 0) is 86.2 Å². The number of amides is 2. The van der Waals surface area contributed by atoms with E-state index in [0.29, 0.717) is 16.8 Å².